The Morgan fingerprint density at radius 1 is 1.19 bits per heavy atom. The van der Waals surface area contributed by atoms with E-state index in [1.165, 1.54) is 25.9 Å². The highest BCUT2D eigenvalue weighted by molar-refractivity contribution is 14.0. The van der Waals surface area contributed by atoms with Crippen LogP contribution in [0.4, 0.5) is 0 Å². The van der Waals surface area contributed by atoms with Crippen LogP contribution in [-0.4, -0.2) is 57.8 Å². The van der Waals surface area contributed by atoms with Crippen molar-refractivity contribution in [2.45, 2.75) is 38.8 Å². The Morgan fingerprint density at radius 3 is 2.50 bits per heavy atom. The Hall–Kier alpha value is -1.22. The van der Waals surface area contributed by atoms with Gasteiger partial charge in [0.2, 0.25) is 0 Å². The molecule has 2 rings (SSSR count). The molecule has 6 nitrogen and oxygen atoms in total. The summed E-state index contributed by atoms with van der Waals surface area (Å²) in [6, 6.07) is 6.41. The number of nitrogens with zero attached hydrogens (tertiary/aromatic N) is 2. The molecule has 1 aromatic rings. The van der Waals surface area contributed by atoms with Crippen molar-refractivity contribution >= 4 is 29.9 Å². The summed E-state index contributed by atoms with van der Waals surface area (Å²) >= 11 is 0. The fraction of sp³-hybridized carbons (Fsp3) is 0.632. The summed E-state index contributed by atoms with van der Waals surface area (Å²) in [4.78, 5) is 6.91. The molecule has 0 amide bonds. The summed E-state index contributed by atoms with van der Waals surface area (Å²) in [6.45, 7) is 6.25. The van der Waals surface area contributed by atoms with Gasteiger partial charge in [0.1, 0.15) is 11.5 Å². The minimum Gasteiger partial charge on any atom is -0.497 e. The zero-order valence-electron chi connectivity index (χ0n) is 16.4. The van der Waals surface area contributed by atoms with Crippen molar-refractivity contribution in [1.29, 1.82) is 0 Å². The highest BCUT2D eigenvalue weighted by Crippen LogP contribution is 2.24. The molecule has 1 aliphatic heterocycles. The quantitative estimate of drug-likeness (QED) is 0.344. The van der Waals surface area contributed by atoms with Crippen LogP contribution in [0, 0.1) is 0 Å². The number of hydrogen-bond donors (Lipinski definition) is 2. The van der Waals surface area contributed by atoms with Crippen LogP contribution in [0.15, 0.2) is 23.2 Å². The smallest absolute Gasteiger partial charge is 0.191 e. The molecule has 1 atom stereocenters. The number of ether oxygens (including phenoxy) is 2. The lowest BCUT2D eigenvalue weighted by molar-refractivity contribution is 0.236. The number of benzene rings is 1. The normalized spacial score (nSPS) is 15.9. The molecule has 0 aromatic heterocycles. The van der Waals surface area contributed by atoms with E-state index >= 15 is 0 Å². The first-order valence-electron chi connectivity index (χ1n) is 9.11. The molecule has 0 saturated carbocycles. The van der Waals surface area contributed by atoms with E-state index in [-0.39, 0.29) is 24.0 Å². The van der Waals surface area contributed by atoms with Gasteiger partial charge in [0, 0.05) is 37.8 Å². The molecule has 1 aliphatic rings. The summed E-state index contributed by atoms with van der Waals surface area (Å²) in [5.41, 5.74) is 1.07. The van der Waals surface area contributed by atoms with E-state index in [0.29, 0.717) is 12.6 Å². The highest BCUT2D eigenvalue weighted by atomic mass is 127. The Kier molecular flexibility index (Phi) is 10.7. The van der Waals surface area contributed by atoms with Crippen LogP contribution in [0.5, 0.6) is 11.5 Å². The molecule has 1 unspecified atom stereocenters. The van der Waals surface area contributed by atoms with Crippen LogP contribution in [0.1, 0.15) is 31.7 Å². The first-order chi connectivity index (χ1) is 12.2. The van der Waals surface area contributed by atoms with E-state index < -0.39 is 0 Å². The molecule has 2 N–H and O–H groups in total. The van der Waals surface area contributed by atoms with Gasteiger partial charge in [0.25, 0.3) is 0 Å². The molecule has 1 saturated heterocycles. The summed E-state index contributed by atoms with van der Waals surface area (Å²) in [6.07, 6.45) is 3.79. The largest absolute Gasteiger partial charge is 0.497 e. The molecule has 1 aromatic carbocycles. The van der Waals surface area contributed by atoms with Crippen molar-refractivity contribution in [1.82, 2.24) is 15.5 Å². The van der Waals surface area contributed by atoms with Crippen LogP contribution in [0.2, 0.25) is 0 Å². The average Bonchev–Trinajstić information content (AvgIpc) is 3.19. The van der Waals surface area contributed by atoms with Crippen molar-refractivity contribution in [3.05, 3.63) is 23.8 Å². The fourth-order valence-corrected chi connectivity index (χ4v) is 3.25. The molecule has 148 valence electrons. The molecule has 26 heavy (non-hydrogen) atoms. The maximum absolute atomic E-state index is 5.45. The Balaban J connectivity index is 0.00000338. The first kappa shape index (κ1) is 22.8. The van der Waals surface area contributed by atoms with E-state index in [4.69, 9.17) is 9.47 Å². The molecule has 7 heteroatoms. The SMILES string of the molecule is CCC(CNC(=NC)NCc1ccc(OC)cc1OC)N1CCCC1.I. The third kappa shape index (κ3) is 6.50. The lowest BCUT2D eigenvalue weighted by atomic mass is 10.2. The highest BCUT2D eigenvalue weighted by Gasteiger charge is 2.20. The minimum atomic E-state index is 0. The van der Waals surface area contributed by atoms with Crippen molar-refractivity contribution in [3.63, 3.8) is 0 Å². The molecular formula is C19H33IN4O2. The maximum atomic E-state index is 5.45. The van der Waals surface area contributed by atoms with Crippen LogP contribution in [-0.2, 0) is 6.54 Å². The monoisotopic (exact) mass is 476 g/mol. The number of guanidine groups is 1. The number of rotatable bonds is 8. The summed E-state index contributed by atoms with van der Waals surface area (Å²) in [5.74, 6) is 2.42. The van der Waals surface area contributed by atoms with Gasteiger partial charge in [-0.05, 0) is 44.5 Å². The lowest BCUT2D eigenvalue weighted by Gasteiger charge is -2.27. The minimum absolute atomic E-state index is 0. The van der Waals surface area contributed by atoms with Crippen LogP contribution in [0.3, 0.4) is 0 Å². The second kappa shape index (κ2) is 12.2. The zero-order valence-corrected chi connectivity index (χ0v) is 18.7. The van der Waals surface area contributed by atoms with E-state index in [9.17, 15) is 0 Å². The molecule has 1 heterocycles. The second-order valence-corrected chi connectivity index (χ2v) is 6.29. The van der Waals surface area contributed by atoms with Crippen LogP contribution >= 0.6 is 24.0 Å². The van der Waals surface area contributed by atoms with E-state index in [0.717, 1.165) is 36.0 Å². The van der Waals surface area contributed by atoms with Crippen molar-refractivity contribution in [3.8, 4) is 11.5 Å². The third-order valence-corrected chi connectivity index (χ3v) is 4.80. The summed E-state index contributed by atoms with van der Waals surface area (Å²) < 4.78 is 10.7. The average molecular weight is 476 g/mol. The molecule has 0 bridgehead atoms. The van der Waals surface area contributed by atoms with E-state index in [2.05, 4.69) is 27.4 Å². The second-order valence-electron chi connectivity index (χ2n) is 6.29. The van der Waals surface area contributed by atoms with Crippen LogP contribution < -0.4 is 20.1 Å². The number of hydrogen-bond acceptors (Lipinski definition) is 4. The van der Waals surface area contributed by atoms with Gasteiger partial charge in [0.05, 0.1) is 14.2 Å². The van der Waals surface area contributed by atoms with Crippen LogP contribution in [0.25, 0.3) is 0 Å². The van der Waals surface area contributed by atoms with Gasteiger partial charge in [-0.15, -0.1) is 24.0 Å². The molecular weight excluding hydrogens is 443 g/mol. The number of aliphatic imine (C=N–C) groups is 1. The van der Waals surface area contributed by atoms with Crippen molar-refractivity contribution in [2.24, 2.45) is 4.99 Å². The standard InChI is InChI=1S/C19H32N4O2.HI/c1-5-16(23-10-6-7-11-23)14-22-19(20-2)21-13-15-8-9-17(24-3)12-18(15)25-4;/h8-9,12,16H,5-7,10-11,13-14H2,1-4H3,(H2,20,21,22);1H. The van der Waals surface area contributed by atoms with Gasteiger partial charge in [-0.3, -0.25) is 9.89 Å². The maximum Gasteiger partial charge on any atom is 0.191 e. The molecule has 0 spiro atoms. The number of halogens is 1. The Labute approximate surface area is 174 Å². The van der Waals surface area contributed by atoms with Gasteiger partial charge in [-0.1, -0.05) is 6.92 Å². The summed E-state index contributed by atoms with van der Waals surface area (Å²) in [7, 11) is 5.13. The van der Waals surface area contributed by atoms with Crippen molar-refractivity contribution in [2.75, 3.05) is 40.9 Å². The Morgan fingerprint density at radius 2 is 1.92 bits per heavy atom. The van der Waals surface area contributed by atoms with Gasteiger partial charge in [-0.2, -0.15) is 0 Å². The van der Waals surface area contributed by atoms with Gasteiger partial charge >= 0.3 is 0 Å². The number of methoxy groups -OCH3 is 2. The van der Waals surface area contributed by atoms with E-state index in [1.807, 2.05) is 18.2 Å². The molecule has 0 aliphatic carbocycles. The topological polar surface area (TPSA) is 58.1 Å². The summed E-state index contributed by atoms with van der Waals surface area (Å²) in [5, 5.41) is 6.83. The first-order valence-corrected chi connectivity index (χ1v) is 9.11. The van der Waals surface area contributed by atoms with Crippen molar-refractivity contribution < 1.29 is 9.47 Å². The zero-order chi connectivity index (χ0) is 18.1. The third-order valence-electron chi connectivity index (χ3n) is 4.80. The molecule has 0 radical (unpaired) electrons. The lowest BCUT2D eigenvalue weighted by Crippen LogP contribution is -2.46. The Bertz CT molecular complexity index is 562. The number of likely N-dealkylation sites (tertiary alicyclic amines) is 1. The predicted octanol–water partition coefficient (Wildman–Crippen LogP) is 2.86. The van der Waals surface area contributed by atoms with Gasteiger partial charge in [0.15, 0.2) is 5.96 Å². The fourth-order valence-electron chi connectivity index (χ4n) is 3.25. The number of nitrogens with one attached hydrogen (secondary N) is 2. The molecule has 1 fully saturated rings. The van der Waals surface area contributed by atoms with Gasteiger partial charge in [-0.25, -0.2) is 0 Å². The predicted molar refractivity (Wildman–Crippen MR) is 118 cm³/mol. The van der Waals surface area contributed by atoms with E-state index in [1.54, 1.807) is 21.3 Å². The van der Waals surface area contributed by atoms with Gasteiger partial charge < -0.3 is 20.1 Å².